The number of fused-ring (bicyclic) bond motifs is 1. The minimum absolute atomic E-state index is 0.334. The van der Waals surface area contributed by atoms with Gasteiger partial charge in [-0.15, -0.1) is 0 Å². The molecule has 0 unspecified atom stereocenters. The molecule has 0 radical (unpaired) electrons. The second-order valence-electron chi connectivity index (χ2n) is 2.53. The van der Waals surface area contributed by atoms with Gasteiger partial charge in [-0.2, -0.15) is 0 Å². The van der Waals surface area contributed by atoms with Crippen LogP contribution in [-0.4, -0.2) is 0 Å². The SMILES string of the molecule is O=c1ccc2cc(SCl)ccc2o1. The molecule has 0 aliphatic heterocycles. The molecule has 0 amide bonds. The van der Waals surface area contributed by atoms with Crippen molar-refractivity contribution in [3.8, 4) is 0 Å². The number of benzene rings is 1. The van der Waals surface area contributed by atoms with Crippen LogP contribution in [0, 0.1) is 0 Å². The summed E-state index contributed by atoms with van der Waals surface area (Å²) >= 11 is 0. The van der Waals surface area contributed by atoms with Gasteiger partial charge in [0.25, 0.3) is 0 Å². The van der Waals surface area contributed by atoms with Gasteiger partial charge in [-0.05, 0) is 45.9 Å². The van der Waals surface area contributed by atoms with Crippen molar-refractivity contribution in [2.45, 2.75) is 4.90 Å². The van der Waals surface area contributed by atoms with Gasteiger partial charge < -0.3 is 4.42 Å². The van der Waals surface area contributed by atoms with Crippen LogP contribution in [0.15, 0.2) is 44.4 Å². The lowest BCUT2D eigenvalue weighted by Gasteiger charge is -1.96. The Labute approximate surface area is 83.0 Å². The van der Waals surface area contributed by atoms with Crippen molar-refractivity contribution in [2.75, 3.05) is 0 Å². The molecule has 13 heavy (non-hydrogen) atoms. The summed E-state index contributed by atoms with van der Waals surface area (Å²) in [5, 5.41) is 0.880. The largest absolute Gasteiger partial charge is 0.423 e. The van der Waals surface area contributed by atoms with Gasteiger partial charge in [0.1, 0.15) is 5.58 Å². The first kappa shape index (κ1) is 8.66. The van der Waals surface area contributed by atoms with Crippen molar-refractivity contribution in [2.24, 2.45) is 0 Å². The topological polar surface area (TPSA) is 30.2 Å². The van der Waals surface area contributed by atoms with E-state index >= 15 is 0 Å². The minimum Gasteiger partial charge on any atom is -0.423 e. The molecule has 0 aliphatic rings. The summed E-state index contributed by atoms with van der Waals surface area (Å²) in [5.74, 6) is 0. The van der Waals surface area contributed by atoms with Crippen LogP contribution in [0.1, 0.15) is 0 Å². The molecule has 4 heteroatoms. The zero-order valence-electron chi connectivity index (χ0n) is 6.49. The molecule has 0 bridgehead atoms. The van der Waals surface area contributed by atoms with Gasteiger partial charge in [-0.25, -0.2) is 4.79 Å². The molecule has 0 fully saturated rings. The third-order valence-electron chi connectivity index (χ3n) is 1.68. The molecule has 0 N–H and O–H groups in total. The maximum atomic E-state index is 10.8. The second kappa shape index (κ2) is 3.44. The molecule has 0 atom stereocenters. The minimum atomic E-state index is -0.334. The van der Waals surface area contributed by atoms with Crippen LogP contribution in [0.3, 0.4) is 0 Å². The fourth-order valence-electron chi connectivity index (χ4n) is 1.10. The van der Waals surface area contributed by atoms with E-state index in [4.69, 9.17) is 15.1 Å². The van der Waals surface area contributed by atoms with Gasteiger partial charge in [0.05, 0.1) is 0 Å². The van der Waals surface area contributed by atoms with Gasteiger partial charge in [0.2, 0.25) is 0 Å². The Morgan fingerprint density at radius 1 is 1.23 bits per heavy atom. The Kier molecular flexibility index (Phi) is 2.29. The van der Waals surface area contributed by atoms with Crippen molar-refractivity contribution in [1.82, 2.24) is 0 Å². The number of halogens is 1. The van der Waals surface area contributed by atoms with Gasteiger partial charge in [-0.1, -0.05) is 0 Å². The normalized spacial score (nSPS) is 10.5. The Bertz CT molecular complexity index is 492. The average Bonchev–Trinajstić information content (AvgIpc) is 2.17. The summed E-state index contributed by atoms with van der Waals surface area (Å²) in [6.07, 6.45) is 0. The second-order valence-corrected chi connectivity index (χ2v) is 3.62. The molecular weight excluding hydrogens is 208 g/mol. The highest BCUT2D eigenvalue weighted by Gasteiger charge is 1.98. The molecule has 1 aromatic carbocycles. The smallest absolute Gasteiger partial charge is 0.336 e. The molecule has 0 saturated carbocycles. The van der Waals surface area contributed by atoms with Crippen molar-refractivity contribution in [1.29, 1.82) is 0 Å². The number of hydrogen-bond acceptors (Lipinski definition) is 3. The fourth-order valence-corrected chi connectivity index (χ4v) is 1.68. The van der Waals surface area contributed by atoms with E-state index in [9.17, 15) is 4.79 Å². The lowest BCUT2D eigenvalue weighted by molar-refractivity contribution is 0.561. The highest BCUT2D eigenvalue weighted by Crippen LogP contribution is 2.25. The third kappa shape index (κ3) is 1.71. The van der Waals surface area contributed by atoms with E-state index in [1.165, 1.54) is 6.07 Å². The molecule has 2 rings (SSSR count). The molecule has 2 aromatic rings. The maximum absolute atomic E-state index is 10.8. The summed E-state index contributed by atoms with van der Waals surface area (Å²) in [4.78, 5) is 11.8. The highest BCUT2D eigenvalue weighted by atomic mass is 35.7. The Balaban J connectivity index is 2.73. The van der Waals surface area contributed by atoms with Gasteiger partial charge in [0.15, 0.2) is 0 Å². The van der Waals surface area contributed by atoms with Crippen LogP contribution in [0.5, 0.6) is 0 Å². The van der Waals surface area contributed by atoms with Crippen LogP contribution in [0.2, 0.25) is 0 Å². The molecule has 1 aromatic heterocycles. The zero-order chi connectivity index (χ0) is 9.26. The number of hydrogen-bond donors (Lipinski definition) is 0. The van der Waals surface area contributed by atoms with Crippen LogP contribution in [0.4, 0.5) is 0 Å². The lowest BCUT2D eigenvalue weighted by atomic mass is 10.2. The molecular formula is C9H5ClO2S. The molecule has 0 spiro atoms. The van der Waals surface area contributed by atoms with Crippen molar-refractivity contribution < 1.29 is 4.42 Å². The first-order valence-corrected chi connectivity index (χ1v) is 5.26. The monoisotopic (exact) mass is 212 g/mol. The van der Waals surface area contributed by atoms with Gasteiger partial charge in [0, 0.05) is 16.3 Å². The third-order valence-corrected chi connectivity index (χ3v) is 2.65. The van der Waals surface area contributed by atoms with Gasteiger partial charge >= 0.3 is 5.63 Å². The summed E-state index contributed by atoms with van der Waals surface area (Å²) in [5.41, 5.74) is 0.251. The standard InChI is InChI=1S/C9H5ClO2S/c10-13-7-2-3-8-6(5-7)1-4-9(11)12-8/h1-5H. The predicted octanol–water partition coefficient (Wildman–Crippen LogP) is 3.04. The summed E-state index contributed by atoms with van der Waals surface area (Å²) in [7, 11) is 6.72. The van der Waals surface area contributed by atoms with E-state index in [-0.39, 0.29) is 5.63 Å². The molecule has 1 heterocycles. The molecule has 2 nitrogen and oxygen atoms in total. The Hall–Kier alpha value is -0.930. The molecule has 0 saturated heterocycles. The lowest BCUT2D eigenvalue weighted by Crippen LogP contribution is -1.93. The van der Waals surface area contributed by atoms with E-state index in [2.05, 4.69) is 0 Å². The van der Waals surface area contributed by atoms with Crippen LogP contribution < -0.4 is 5.63 Å². The van der Waals surface area contributed by atoms with Crippen LogP contribution in [0.25, 0.3) is 11.0 Å². The van der Waals surface area contributed by atoms with Crippen molar-refractivity contribution in [3.05, 3.63) is 40.8 Å². The molecule has 66 valence electrons. The number of rotatable bonds is 1. The van der Waals surface area contributed by atoms with E-state index < -0.39 is 0 Å². The first-order chi connectivity index (χ1) is 6.29. The first-order valence-electron chi connectivity index (χ1n) is 3.62. The summed E-state index contributed by atoms with van der Waals surface area (Å²) in [6.45, 7) is 0. The maximum Gasteiger partial charge on any atom is 0.336 e. The van der Waals surface area contributed by atoms with Crippen molar-refractivity contribution >= 4 is 32.6 Å². The predicted molar refractivity (Wildman–Crippen MR) is 54.2 cm³/mol. The van der Waals surface area contributed by atoms with Crippen molar-refractivity contribution in [3.63, 3.8) is 0 Å². The van der Waals surface area contributed by atoms with E-state index in [0.717, 1.165) is 21.3 Å². The summed E-state index contributed by atoms with van der Waals surface area (Å²) in [6, 6.07) is 8.53. The van der Waals surface area contributed by atoms with Gasteiger partial charge in [-0.3, -0.25) is 0 Å². The van der Waals surface area contributed by atoms with E-state index in [0.29, 0.717) is 5.58 Å². The Morgan fingerprint density at radius 2 is 2.08 bits per heavy atom. The van der Waals surface area contributed by atoms with E-state index in [1.807, 2.05) is 12.1 Å². The summed E-state index contributed by atoms with van der Waals surface area (Å²) < 4.78 is 4.95. The quantitative estimate of drug-likeness (QED) is 0.681. The highest BCUT2D eigenvalue weighted by molar-refractivity contribution is 8.21. The Morgan fingerprint density at radius 3 is 2.85 bits per heavy atom. The zero-order valence-corrected chi connectivity index (χ0v) is 8.06. The van der Waals surface area contributed by atoms with E-state index in [1.54, 1.807) is 12.1 Å². The van der Waals surface area contributed by atoms with Crippen LogP contribution in [-0.2, 0) is 0 Å². The molecule has 0 aliphatic carbocycles. The fraction of sp³-hybridized carbons (Fsp3) is 0. The van der Waals surface area contributed by atoms with Crippen LogP contribution >= 0.6 is 21.7 Å². The average molecular weight is 213 g/mol.